The van der Waals surface area contributed by atoms with Crippen LogP contribution in [0.2, 0.25) is 5.02 Å². The van der Waals surface area contributed by atoms with Crippen molar-refractivity contribution in [2.24, 2.45) is 0 Å². The molecular weight excluding hydrogens is 957 g/mol. The van der Waals surface area contributed by atoms with Gasteiger partial charge in [0.1, 0.15) is 37.3 Å². The summed E-state index contributed by atoms with van der Waals surface area (Å²) in [6, 6.07) is 0.911. The molecule has 6 rings (SSSR count). The summed E-state index contributed by atoms with van der Waals surface area (Å²) in [6.07, 6.45) is 3.37. The number of esters is 1. The van der Waals surface area contributed by atoms with E-state index in [-0.39, 0.29) is 72.5 Å². The van der Waals surface area contributed by atoms with Gasteiger partial charge in [-0.1, -0.05) is 30.4 Å². The Morgan fingerprint density at radius 3 is 2.27 bits per heavy atom. The maximum Gasteiger partial charge on any atom is 0.343 e. The van der Waals surface area contributed by atoms with Crippen molar-refractivity contribution in [3.63, 3.8) is 0 Å². The number of rotatable bonds is 18. The molecule has 70 heavy (non-hydrogen) atoms. The van der Waals surface area contributed by atoms with Crippen LogP contribution in [0, 0.1) is 17.7 Å². The average Bonchev–Trinajstić information content (AvgIpc) is 3.67. The standard InChI is InChI=1S/C46H51ClFN9O12S/c1-7-46(65)32-15-36-39-30(20-57(36)43(63)31(32)21-68-44(46)64)29(28-14-33(47)34(48)16-35(28)56-39)19-49-38(59)13-23(2)69-22-52-40(60)24(3)54-42(62)26(5)55-41(61)25(4)53-37(58)12-10-8-9-11-27-17-50-45(51-18-27)70(6,66)67/h14-18,23-26,65H,7-8,10,12-13,19-22H2,1-6H3,(H,49,59)(H,52,60)(H,53,58)(H,54,62)(H,55,61)/t23-,24+,25+,26+,46+/m1/s1. The van der Waals surface area contributed by atoms with Crippen LogP contribution < -0.4 is 32.1 Å². The van der Waals surface area contributed by atoms with Crippen molar-refractivity contribution in [3.05, 3.63) is 79.6 Å². The maximum absolute atomic E-state index is 14.8. The summed E-state index contributed by atoms with van der Waals surface area (Å²) in [5.74, 6) is 1.17. The van der Waals surface area contributed by atoms with Gasteiger partial charge in [-0.15, -0.1) is 0 Å². The van der Waals surface area contributed by atoms with E-state index in [1.54, 1.807) is 13.8 Å². The minimum absolute atomic E-state index is 0.0117. The number of hydrogen-bond acceptors (Lipinski definition) is 15. The highest BCUT2D eigenvalue weighted by atomic mass is 35.5. The quantitative estimate of drug-likeness (QED) is 0.0237. The topological polar surface area (TPSA) is 296 Å². The monoisotopic (exact) mass is 1010 g/mol. The van der Waals surface area contributed by atoms with Gasteiger partial charge in [-0.2, -0.15) is 0 Å². The molecule has 2 aliphatic heterocycles. The SMILES string of the molecule is CC[C@@]1(O)C(=O)OCc2c1cc1n(c2=O)Cc2c-1nc1cc(F)c(Cl)cc1c2CNC(=O)C[C@@H](C)OCNC(=O)[C@H](C)NC(=O)[C@H](C)NC(=O)[C@H](C)NC(=O)CCCC#Cc1cnc(S(C)(=O)=O)nc1. The fraction of sp³-hybridized carbons (Fsp3) is 0.435. The van der Waals surface area contributed by atoms with Gasteiger partial charge in [0.15, 0.2) is 5.60 Å². The van der Waals surface area contributed by atoms with Crippen molar-refractivity contribution in [2.45, 2.75) is 121 Å². The van der Waals surface area contributed by atoms with Crippen molar-refractivity contribution >= 4 is 67.8 Å². The van der Waals surface area contributed by atoms with Crippen LogP contribution in [0.5, 0.6) is 0 Å². The molecule has 2 aliphatic rings. The Kier molecular flexibility index (Phi) is 16.4. The van der Waals surface area contributed by atoms with Crippen LogP contribution in [0.15, 0.2) is 40.5 Å². The number of cyclic esters (lactones) is 1. The highest BCUT2D eigenvalue weighted by molar-refractivity contribution is 7.90. The Morgan fingerprint density at radius 1 is 0.957 bits per heavy atom. The summed E-state index contributed by atoms with van der Waals surface area (Å²) < 4.78 is 49.9. The number of hydrogen-bond donors (Lipinski definition) is 6. The lowest BCUT2D eigenvalue weighted by Crippen LogP contribution is -2.54. The molecule has 1 aromatic carbocycles. The van der Waals surface area contributed by atoms with E-state index in [9.17, 15) is 51.5 Å². The van der Waals surface area contributed by atoms with E-state index >= 15 is 0 Å². The number of amides is 5. The number of nitrogens with one attached hydrogen (secondary N) is 5. The maximum atomic E-state index is 14.8. The number of unbranched alkanes of at least 4 members (excludes halogenated alkanes) is 1. The second kappa shape index (κ2) is 21.8. The third-order valence-corrected chi connectivity index (χ3v) is 12.7. The van der Waals surface area contributed by atoms with Crippen LogP contribution in [0.3, 0.4) is 0 Å². The number of fused-ring (bicyclic) bond motifs is 5. The van der Waals surface area contributed by atoms with Crippen LogP contribution in [0.1, 0.15) is 94.5 Å². The normalized spacial score (nSPS) is 16.4. The van der Waals surface area contributed by atoms with Gasteiger partial charge in [-0.3, -0.25) is 28.8 Å². The molecule has 5 atom stereocenters. The van der Waals surface area contributed by atoms with Crippen LogP contribution in [-0.2, 0) is 73.4 Å². The molecule has 5 amide bonds. The van der Waals surface area contributed by atoms with E-state index in [2.05, 4.69) is 53.4 Å². The summed E-state index contributed by atoms with van der Waals surface area (Å²) in [5.41, 5.74) is -0.101. The number of ether oxygens (including phenoxy) is 2. The Morgan fingerprint density at radius 2 is 1.61 bits per heavy atom. The molecule has 21 nitrogen and oxygen atoms in total. The van der Waals surface area contributed by atoms with E-state index in [1.807, 2.05) is 0 Å². The lowest BCUT2D eigenvalue weighted by Gasteiger charge is -2.31. The third-order valence-electron chi connectivity index (χ3n) is 11.6. The van der Waals surface area contributed by atoms with Crippen LogP contribution in [-0.4, -0.2) is 106 Å². The fourth-order valence-electron chi connectivity index (χ4n) is 7.61. The first kappa shape index (κ1) is 52.5. The van der Waals surface area contributed by atoms with E-state index in [0.29, 0.717) is 46.3 Å². The van der Waals surface area contributed by atoms with E-state index < -0.39 is 86.5 Å². The van der Waals surface area contributed by atoms with E-state index in [0.717, 1.165) is 12.3 Å². The van der Waals surface area contributed by atoms with Crippen LogP contribution in [0.4, 0.5) is 4.39 Å². The summed E-state index contributed by atoms with van der Waals surface area (Å²) in [5, 5.41) is 24.0. The van der Waals surface area contributed by atoms with Gasteiger partial charge in [-0.25, -0.2) is 32.6 Å². The number of aromatic nitrogens is 4. The molecule has 0 saturated carbocycles. The molecule has 0 fully saturated rings. The van der Waals surface area contributed by atoms with Crippen LogP contribution >= 0.6 is 11.6 Å². The molecule has 0 unspecified atom stereocenters. The zero-order chi connectivity index (χ0) is 51.2. The lowest BCUT2D eigenvalue weighted by atomic mass is 9.86. The first-order chi connectivity index (χ1) is 33.0. The van der Waals surface area contributed by atoms with Crippen molar-refractivity contribution in [3.8, 4) is 23.2 Å². The Bertz CT molecular complexity index is 3010. The molecule has 0 bridgehead atoms. The summed E-state index contributed by atoms with van der Waals surface area (Å²) in [4.78, 5) is 103. The van der Waals surface area contributed by atoms with Gasteiger partial charge in [0, 0.05) is 60.6 Å². The molecule has 0 spiro atoms. The first-order valence-corrected chi connectivity index (χ1v) is 24.3. The summed E-state index contributed by atoms with van der Waals surface area (Å²) in [7, 11) is -3.53. The molecule has 5 heterocycles. The Labute approximate surface area is 406 Å². The third kappa shape index (κ3) is 11.9. The smallest absolute Gasteiger partial charge is 0.343 e. The fourth-order valence-corrected chi connectivity index (χ4v) is 8.26. The number of carbonyl (C=O) groups excluding carboxylic acids is 6. The number of halogens is 2. The number of pyridine rings is 2. The zero-order valence-electron chi connectivity index (χ0n) is 39.0. The number of nitrogens with zero attached hydrogens (tertiary/aromatic N) is 4. The van der Waals surface area contributed by atoms with Gasteiger partial charge in [0.25, 0.3) is 5.56 Å². The number of aliphatic hydroxyl groups is 1. The van der Waals surface area contributed by atoms with Gasteiger partial charge in [0.05, 0.1) is 52.1 Å². The van der Waals surface area contributed by atoms with Crippen molar-refractivity contribution < 1.29 is 56.2 Å². The van der Waals surface area contributed by atoms with Crippen molar-refractivity contribution in [1.82, 2.24) is 46.1 Å². The lowest BCUT2D eigenvalue weighted by molar-refractivity contribution is -0.172. The largest absolute Gasteiger partial charge is 0.458 e. The van der Waals surface area contributed by atoms with E-state index in [4.69, 9.17) is 21.1 Å². The Hall–Kier alpha value is -6.87. The first-order valence-electron chi connectivity index (χ1n) is 22.1. The molecule has 24 heteroatoms. The zero-order valence-corrected chi connectivity index (χ0v) is 40.5. The second-order valence-corrected chi connectivity index (χ2v) is 19.2. The average molecular weight is 1010 g/mol. The molecular formula is C46H51ClFN9O12S. The molecule has 0 radical (unpaired) electrons. The second-order valence-electron chi connectivity index (χ2n) is 16.9. The Balaban J connectivity index is 0.941. The summed E-state index contributed by atoms with van der Waals surface area (Å²) in [6.45, 7) is 6.71. The highest BCUT2D eigenvalue weighted by Crippen LogP contribution is 2.41. The number of carbonyl (C=O) groups is 6. The molecule has 4 aromatic rings. The minimum atomic E-state index is -3.53. The minimum Gasteiger partial charge on any atom is -0.458 e. The number of sulfone groups is 1. The highest BCUT2D eigenvalue weighted by Gasteiger charge is 2.45. The van der Waals surface area contributed by atoms with Crippen LogP contribution in [0.25, 0.3) is 22.3 Å². The predicted octanol–water partition coefficient (Wildman–Crippen LogP) is 1.29. The molecule has 372 valence electrons. The number of benzene rings is 1. The molecule has 0 saturated heterocycles. The predicted molar refractivity (Wildman–Crippen MR) is 248 cm³/mol. The van der Waals surface area contributed by atoms with Gasteiger partial charge < -0.3 is 45.7 Å². The molecule has 3 aromatic heterocycles. The summed E-state index contributed by atoms with van der Waals surface area (Å²) >= 11 is 6.19. The van der Waals surface area contributed by atoms with Gasteiger partial charge >= 0.3 is 5.97 Å². The molecule has 6 N–H and O–H groups in total. The van der Waals surface area contributed by atoms with E-state index in [1.165, 1.54) is 49.9 Å². The van der Waals surface area contributed by atoms with Crippen molar-refractivity contribution in [2.75, 3.05) is 13.0 Å². The molecule has 0 aliphatic carbocycles. The van der Waals surface area contributed by atoms with Crippen molar-refractivity contribution in [1.29, 1.82) is 0 Å². The van der Waals surface area contributed by atoms with Gasteiger partial charge in [-0.05, 0) is 58.2 Å². The van der Waals surface area contributed by atoms with Gasteiger partial charge in [0.2, 0.25) is 44.5 Å².